The van der Waals surface area contributed by atoms with Crippen molar-refractivity contribution in [1.82, 2.24) is 15.8 Å². The second kappa shape index (κ2) is 6.87. The Kier molecular flexibility index (Phi) is 4.64. The predicted molar refractivity (Wildman–Crippen MR) is 90.7 cm³/mol. The first-order valence-electron chi connectivity index (χ1n) is 8.96. The molecule has 4 N–H and O–H groups in total. The highest BCUT2D eigenvalue weighted by molar-refractivity contribution is 5.31. The first-order valence-corrected chi connectivity index (χ1v) is 8.96. The molecule has 0 aromatic heterocycles. The van der Waals surface area contributed by atoms with E-state index in [2.05, 4.69) is 40.0 Å². The van der Waals surface area contributed by atoms with Crippen molar-refractivity contribution in [3.8, 4) is 0 Å². The second-order valence-electron chi connectivity index (χ2n) is 7.18. The molecule has 1 aromatic carbocycles. The van der Waals surface area contributed by atoms with Crippen molar-refractivity contribution in [1.29, 1.82) is 0 Å². The van der Waals surface area contributed by atoms with Crippen molar-refractivity contribution < 1.29 is 4.74 Å². The smallest absolute Gasteiger partial charge is 0.0723 e. The number of nitrogens with two attached hydrogens (primary N) is 1. The van der Waals surface area contributed by atoms with Gasteiger partial charge >= 0.3 is 0 Å². The minimum absolute atomic E-state index is 0.0919. The van der Waals surface area contributed by atoms with Gasteiger partial charge in [-0.25, -0.2) is 5.43 Å². The fourth-order valence-corrected chi connectivity index (χ4v) is 4.45. The van der Waals surface area contributed by atoms with Crippen LogP contribution in [0.25, 0.3) is 0 Å². The van der Waals surface area contributed by atoms with Gasteiger partial charge in [-0.3, -0.25) is 10.3 Å². The van der Waals surface area contributed by atoms with Crippen molar-refractivity contribution >= 4 is 0 Å². The molecule has 4 unspecified atom stereocenters. The molecule has 1 aromatic rings. The number of benzene rings is 1. The molecular formula is C18H28N4O. The highest BCUT2D eigenvalue weighted by Gasteiger charge is 2.39. The zero-order chi connectivity index (χ0) is 15.6. The summed E-state index contributed by atoms with van der Waals surface area (Å²) in [5.41, 5.74) is 15.8. The largest absolute Gasteiger partial charge is 0.379 e. The molecule has 0 amide bonds. The van der Waals surface area contributed by atoms with E-state index in [0.717, 1.165) is 32.8 Å². The summed E-state index contributed by atoms with van der Waals surface area (Å²) in [6, 6.07) is 9.56. The fraction of sp³-hybridized carbons (Fsp3) is 0.667. The molecule has 23 heavy (non-hydrogen) atoms. The van der Waals surface area contributed by atoms with Gasteiger partial charge in [-0.05, 0) is 36.3 Å². The molecule has 2 heterocycles. The van der Waals surface area contributed by atoms with Crippen molar-refractivity contribution in [2.24, 2.45) is 11.7 Å². The standard InChI is InChI=1S/C18H28N4O/c19-18-16-11-13(5-6-17(16)20-21-18)15-4-2-1-3-14(15)12-22-7-9-23-10-8-22/h1-4,13,16-18,20-21H,5-12,19H2. The van der Waals surface area contributed by atoms with E-state index in [1.165, 1.54) is 30.4 Å². The lowest BCUT2D eigenvalue weighted by Gasteiger charge is -2.34. The summed E-state index contributed by atoms with van der Waals surface area (Å²) in [5.74, 6) is 1.19. The van der Waals surface area contributed by atoms with Gasteiger partial charge in [0, 0.05) is 31.6 Å². The summed E-state index contributed by atoms with van der Waals surface area (Å²) < 4.78 is 5.47. The molecule has 4 atom stereocenters. The SMILES string of the molecule is NC1NNC2CCC(c3ccccc3CN3CCOCC3)CC12. The van der Waals surface area contributed by atoms with E-state index in [-0.39, 0.29) is 6.17 Å². The molecule has 5 nitrogen and oxygen atoms in total. The van der Waals surface area contributed by atoms with E-state index in [4.69, 9.17) is 10.5 Å². The monoisotopic (exact) mass is 316 g/mol. The second-order valence-corrected chi connectivity index (χ2v) is 7.18. The molecule has 0 spiro atoms. The van der Waals surface area contributed by atoms with Crippen LogP contribution in [0.1, 0.15) is 36.3 Å². The van der Waals surface area contributed by atoms with Crippen LogP contribution in [-0.4, -0.2) is 43.4 Å². The third kappa shape index (κ3) is 3.30. The quantitative estimate of drug-likeness (QED) is 0.781. The van der Waals surface area contributed by atoms with Gasteiger partial charge in [0.1, 0.15) is 0 Å². The molecule has 3 fully saturated rings. The highest BCUT2D eigenvalue weighted by Crippen LogP contribution is 2.39. The van der Waals surface area contributed by atoms with Crippen LogP contribution in [0.15, 0.2) is 24.3 Å². The number of hydrogen-bond donors (Lipinski definition) is 3. The molecule has 0 radical (unpaired) electrons. The predicted octanol–water partition coefficient (Wildman–Crippen LogP) is 1.16. The maximum atomic E-state index is 6.22. The molecule has 5 heteroatoms. The topological polar surface area (TPSA) is 62.5 Å². The summed E-state index contributed by atoms with van der Waals surface area (Å²) in [5, 5.41) is 0. The van der Waals surface area contributed by atoms with E-state index < -0.39 is 0 Å². The zero-order valence-corrected chi connectivity index (χ0v) is 13.7. The molecule has 3 aliphatic rings. The first kappa shape index (κ1) is 15.5. The van der Waals surface area contributed by atoms with E-state index in [1.807, 2.05) is 0 Å². The lowest BCUT2D eigenvalue weighted by atomic mass is 9.74. The molecular weight excluding hydrogens is 288 g/mol. The van der Waals surface area contributed by atoms with Crippen LogP contribution < -0.4 is 16.6 Å². The summed E-state index contributed by atoms with van der Waals surface area (Å²) >= 11 is 0. The Morgan fingerprint density at radius 3 is 2.83 bits per heavy atom. The van der Waals surface area contributed by atoms with Crippen LogP contribution in [-0.2, 0) is 11.3 Å². The van der Waals surface area contributed by atoms with E-state index in [0.29, 0.717) is 17.9 Å². The first-order chi connectivity index (χ1) is 11.3. The summed E-state index contributed by atoms with van der Waals surface area (Å²) in [6.45, 7) is 4.86. The number of morpholine rings is 1. The maximum absolute atomic E-state index is 6.22. The molecule has 2 saturated heterocycles. The summed E-state index contributed by atoms with van der Waals surface area (Å²) in [6.07, 6.45) is 3.74. The average molecular weight is 316 g/mol. The normalized spacial score (nSPS) is 35.2. The van der Waals surface area contributed by atoms with Gasteiger partial charge in [0.25, 0.3) is 0 Å². The minimum atomic E-state index is 0.0919. The lowest BCUT2D eigenvalue weighted by Crippen LogP contribution is -2.39. The Bertz CT molecular complexity index is 532. The van der Waals surface area contributed by atoms with Crippen molar-refractivity contribution in [2.75, 3.05) is 26.3 Å². The molecule has 1 aliphatic carbocycles. The number of hydrogen-bond acceptors (Lipinski definition) is 5. The summed E-state index contributed by atoms with van der Waals surface area (Å²) in [4.78, 5) is 2.51. The third-order valence-electron chi connectivity index (χ3n) is 5.79. The fourth-order valence-electron chi connectivity index (χ4n) is 4.45. The van der Waals surface area contributed by atoms with Crippen LogP contribution in [0, 0.1) is 5.92 Å². The van der Waals surface area contributed by atoms with Gasteiger partial charge < -0.3 is 10.5 Å². The molecule has 2 aliphatic heterocycles. The molecule has 1 saturated carbocycles. The van der Waals surface area contributed by atoms with E-state index in [9.17, 15) is 0 Å². The van der Waals surface area contributed by atoms with Crippen LogP contribution in [0.4, 0.5) is 0 Å². The van der Waals surface area contributed by atoms with Gasteiger partial charge in [0.05, 0.1) is 19.4 Å². The zero-order valence-electron chi connectivity index (χ0n) is 13.7. The van der Waals surface area contributed by atoms with Gasteiger partial charge in [-0.1, -0.05) is 24.3 Å². The number of fused-ring (bicyclic) bond motifs is 1. The van der Waals surface area contributed by atoms with E-state index in [1.54, 1.807) is 0 Å². The Morgan fingerprint density at radius 2 is 1.96 bits per heavy atom. The number of nitrogens with zero attached hydrogens (tertiary/aromatic N) is 1. The van der Waals surface area contributed by atoms with Crippen LogP contribution in [0.5, 0.6) is 0 Å². The lowest BCUT2D eigenvalue weighted by molar-refractivity contribution is 0.0340. The summed E-state index contributed by atoms with van der Waals surface area (Å²) in [7, 11) is 0. The van der Waals surface area contributed by atoms with Crippen molar-refractivity contribution in [3.63, 3.8) is 0 Å². The van der Waals surface area contributed by atoms with Crippen LogP contribution in [0.3, 0.4) is 0 Å². The number of nitrogens with one attached hydrogen (secondary N) is 2. The Balaban J connectivity index is 1.49. The van der Waals surface area contributed by atoms with Crippen LogP contribution >= 0.6 is 0 Å². The Hall–Kier alpha value is -0.980. The molecule has 126 valence electrons. The minimum Gasteiger partial charge on any atom is -0.379 e. The Labute approximate surface area is 138 Å². The van der Waals surface area contributed by atoms with Crippen molar-refractivity contribution in [3.05, 3.63) is 35.4 Å². The van der Waals surface area contributed by atoms with Crippen molar-refractivity contribution in [2.45, 2.75) is 43.9 Å². The average Bonchev–Trinajstić information content (AvgIpc) is 2.97. The number of ether oxygens (including phenoxy) is 1. The Morgan fingerprint density at radius 1 is 1.13 bits per heavy atom. The maximum Gasteiger partial charge on any atom is 0.0723 e. The molecule has 4 rings (SSSR count). The third-order valence-corrected chi connectivity index (χ3v) is 5.79. The van der Waals surface area contributed by atoms with Gasteiger partial charge in [0.15, 0.2) is 0 Å². The van der Waals surface area contributed by atoms with Gasteiger partial charge in [-0.2, -0.15) is 0 Å². The molecule has 0 bridgehead atoms. The van der Waals surface area contributed by atoms with E-state index >= 15 is 0 Å². The van der Waals surface area contributed by atoms with Gasteiger partial charge in [0.2, 0.25) is 0 Å². The van der Waals surface area contributed by atoms with Crippen LogP contribution in [0.2, 0.25) is 0 Å². The number of hydrazine groups is 1. The van der Waals surface area contributed by atoms with Gasteiger partial charge in [-0.15, -0.1) is 0 Å². The highest BCUT2D eigenvalue weighted by atomic mass is 16.5. The number of rotatable bonds is 3.